The minimum Gasteiger partial charge on any atom is -0.370 e. The molecule has 2 atom stereocenters. The van der Waals surface area contributed by atoms with Crippen LogP contribution < -0.4 is 11.1 Å². The fourth-order valence-corrected chi connectivity index (χ4v) is 4.44. The van der Waals surface area contributed by atoms with E-state index < -0.39 is 11.9 Å². The van der Waals surface area contributed by atoms with Gasteiger partial charge in [-0.05, 0) is 61.8 Å². The molecule has 1 saturated heterocycles. The minimum absolute atomic E-state index is 0.0961. The first-order chi connectivity index (χ1) is 13.8. The summed E-state index contributed by atoms with van der Waals surface area (Å²) in [5.74, 6) is 0.181. The van der Waals surface area contributed by atoms with E-state index in [9.17, 15) is 14.4 Å². The standard InChI is InChI=1S/C20H27Cl2N3O3S/c1-29-10-8-17(24-19(27)15-6-5-14(21)11-16(15)22)20(28)25-9-2-3-13(12-25)4-7-18(23)26/h5-6,11,13,17H,2-4,7-10,12H2,1H3,(H2,23,26)(H,24,27). The van der Waals surface area contributed by atoms with Gasteiger partial charge in [0.15, 0.2) is 0 Å². The maximum Gasteiger partial charge on any atom is 0.253 e. The van der Waals surface area contributed by atoms with E-state index >= 15 is 0 Å². The lowest BCUT2D eigenvalue weighted by molar-refractivity contribution is -0.135. The Labute approximate surface area is 185 Å². The van der Waals surface area contributed by atoms with Gasteiger partial charge in [-0.3, -0.25) is 14.4 Å². The number of nitrogens with zero attached hydrogens (tertiary/aromatic N) is 1. The number of piperidine rings is 1. The minimum atomic E-state index is -0.628. The zero-order valence-corrected chi connectivity index (χ0v) is 18.8. The van der Waals surface area contributed by atoms with E-state index in [1.807, 2.05) is 6.26 Å². The fraction of sp³-hybridized carbons (Fsp3) is 0.550. The van der Waals surface area contributed by atoms with Crippen molar-refractivity contribution < 1.29 is 14.4 Å². The molecule has 0 radical (unpaired) electrons. The third-order valence-corrected chi connectivity index (χ3v) is 6.21. The van der Waals surface area contributed by atoms with Crippen LogP contribution in [0.2, 0.25) is 10.0 Å². The van der Waals surface area contributed by atoms with Gasteiger partial charge in [-0.25, -0.2) is 0 Å². The highest BCUT2D eigenvalue weighted by molar-refractivity contribution is 7.98. The van der Waals surface area contributed by atoms with Crippen molar-refractivity contribution in [2.75, 3.05) is 25.1 Å². The molecule has 0 aliphatic carbocycles. The number of amides is 3. The van der Waals surface area contributed by atoms with Crippen LogP contribution in [-0.4, -0.2) is 53.8 Å². The number of rotatable bonds is 9. The van der Waals surface area contributed by atoms with Crippen LogP contribution in [0.4, 0.5) is 0 Å². The molecule has 1 heterocycles. The predicted octanol–water partition coefficient (Wildman–Crippen LogP) is 3.35. The van der Waals surface area contributed by atoms with Crippen molar-refractivity contribution in [2.24, 2.45) is 11.7 Å². The summed E-state index contributed by atoms with van der Waals surface area (Å²) < 4.78 is 0. The number of halogens is 2. The largest absolute Gasteiger partial charge is 0.370 e. The number of hydrogen-bond donors (Lipinski definition) is 2. The van der Waals surface area contributed by atoms with Gasteiger partial charge in [0.05, 0.1) is 10.6 Å². The molecule has 3 N–H and O–H groups in total. The van der Waals surface area contributed by atoms with Gasteiger partial charge in [-0.2, -0.15) is 11.8 Å². The molecule has 0 bridgehead atoms. The molecule has 1 aromatic carbocycles. The van der Waals surface area contributed by atoms with E-state index in [4.69, 9.17) is 28.9 Å². The van der Waals surface area contributed by atoms with E-state index in [1.54, 1.807) is 28.8 Å². The Morgan fingerprint density at radius 3 is 2.76 bits per heavy atom. The monoisotopic (exact) mass is 459 g/mol. The molecule has 0 aromatic heterocycles. The fourth-order valence-electron chi connectivity index (χ4n) is 3.47. The van der Waals surface area contributed by atoms with Crippen molar-refractivity contribution in [3.63, 3.8) is 0 Å². The van der Waals surface area contributed by atoms with Gasteiger partial charge >= 0.3 is 0 Å². The molecule has 1 fully saturated rings. The lowest BCUT2D eigenvalue weighted by Gasteiger charge is -2.35. The highest BCUT2D eigenvalue weighted by Crippen LogP contribution is 2.23. The number of primary amides is 1. The summed E-state index contributed by atoms with van der Waals surface area (Å²) in [6, 6.07) is 4.02. The Morgan fingerprint density at radius 1 is 1.34 bits per heavy atom. The van der Waals surface area contributed by atoms with Gasteiger partial charge in [0.25, 0.3) is 5.91 Å². The molecule has 1 aromatic rings. The van der Waals surface area contributed by atoms with Crippen molar-refractivity contribution in [2.45, 2.75) is 38.1 Å². The molecule has 6 nitrogen and oxygen atoms in total. The average Bonchev–Trinajstić information content (AvgIpc) is 2.69. The van der Waals surface area contributed by atoms with Gasteiger partial charge in [0.1, 0.15) is 6.04 Å². The van der Waals surface area contributed by atoms with Crippen molar-refractivity contribution in [1.29, 1.82) is 0 Å². The van der Waals surface area contributed by atoms with Crippen molar-refractivity contribution in [3.8, 4) is 0 Å². The zero-order chi connectivity index (χ0) is 21.4. The van der Waals surface area contributed by atoms with Gasteiger partial charge in [-0.15, -0.1) is 0 Å². The first-order valence-electron chi connectivity index (χ1n) is 9.63. The second-order valence-corrected chi connectivity index (χ2v) is 9.06. The van der Waals surface area contributed by atoms with Crippen molar-refractivity contribution in [1.82, 2.24) is 10.2 Å². The Hall–Kier alpha value is -1.44. The SMILES string of the molecule is CSCCC(NC(=O)c1ccc(Cl)cc1Cl)C(=O)N1CCCC(CCC(N)=O)C1. The Balaban J connectivity index is 2.06. The smallest absolute Gasteiger partial charge is 0.253 e. The summed E-state index contributed by atoms with van der Waals surface area (Å²) in [6.07, 6.45) is 5.34. The molecular weight excluding hydrogens is 433 g/mol. The number of carbonyl (C=O) groups excluding carboxylic acids is 3. The number of carbonyl (C=O) groups is 3. The van der Waals surface area contributed by atoms with Crippen molar-refractivity contribution >= 4 is 52.7 Å². The molecule has 3 amide bonds. The van der Waals surface area contributed by atoms with Crippen LogP contribution in [0.15, 0.2) is 18.2 Å². The highest BCUT2D eigenvalue weighted by atomic mass is 35.5. The number of nitrogens with two attached hydrogens (primary N) is 1. The average molecular weight is 460 g/mol. The Morgan fingerprint density at radius 2 is 2.10 bits per heavy atom. The van der Waals surface area contributed by atoms with E-state index in [-0.39, 0.29) is 28.3 Å². The van der Waals surface area contributed by atoms with Crippen LogP contribution in [0.5, 0.6) is 0 Å². The summed E-state index contributed by atoms with van der Waals surface area (Å²) >= 11 is 13.7. The van der Waals surface area contributed by atoms with Gasteiger partial charge in [0, 0.05) is 24.5 Å². The van der Waals surface area contributed by atoms with E-state index in [0.29, 0.717) is 37.4 Å². The number of nitrogens with one attached hydrogen (secondary N) is 1. The molecule has 1 aliphatic rings. The second kappa shape index (κ2) is 11.7. The van der Waals surface area contributed by atoms with E-state index in [2.05, 4.69) is 5.32 Å². The third kappa shape index (κ3) is 7.39. The molecule has 0 spiro atoms. The molecule has 2 rings (SSSR count). The number of benzene rings is 1. The van der Waals surface area contributed by atoms with E-state index in [0.717, 1.165) is 18.6 Å². The van der Waals surface area contributed by atoms with Gasteiger partial charge in [-0.1, -0.05) is 23.2 Å². The third-order valence-electron chi connectivity index (χ3n) is 5.02. The first kappa shape index (κ1) is 23.8. The summed E-state index contributed by atoms with van der Waals surface area (Å²) in [4.78, 5) is 38.7. The first-order valence-corrected chi connectivity index (χ1v) is 11.8. The summed E-state index contributed by atoms with van der Waals surface area (Å²) in [7, 11) is 0. The molecule has 160 valence electrons. The van der Waals surface area contributed by atoms with Crippen LogP contribution in [0.25, 0.3) is 0 Å². The van der Waals surface area contributed by atoms with Crippen LogP contribution in [0.3, 0.4) is 0 Å². The maximum absolute atomic E-state index is 13.1. The van der Waals surface area contributed by atoms with Crippen LogP contribution in [0.1, 0.15) is 42.5 Å². The molecule has 2 unspecified atom stereocenters. The molecule has 0 saturated carbocycles. The van der Waals surface area contributed by atoms with Crippen molar-refractivity contribution in [3.05, 3.63) is 33.8 Å². The predicted molar refractivity (Wildman–Crippen MR) is 118 cm³/mol. The van der Waals surface area contributed by atoms with Crippen LogP contribution in [0, 0.1) is 5.92 Å². The molecule has 29 heavy (non-hydrogen) atoms. The summed E-state index contributed by atoms with van der Waals surface area (Å²) in [5.41, 5.74) is 5.54. The quantitative estimate of drug-likeness (QED) is 0.591. The summed E-state index contributed by atoms with van der Waals surface area (Å²) in [5, 5.41) is 3.53. The Bertz CT molecular complexity index is 748. The zero-order valence-electron chi connectivity index (χ0n) is 16.5. The maximum atomic E-state index is 13.1. The number of hydrogen-bond acceptors (Lipinski definition) is 4. The topological polar surface area (TPSA) is 92.5 Å². The van der Waals surface area contributed by atoms with Gasteiger partial charge < -0.3 is 16.0 Å². The molecular formula is C20H27Cl2N3O3S. The van der Waals surface area contributed by atoms with Crippen LogP contribution in [-0.2, 0) is 9.59 Å². The normalized spacial score (nSPS) is 17.6. The molecule has 1 aliphatic heterocycles. The van der Waals surface area contributed by atoms with Crippen LogP contribution >= 0.6 is 35.0 Å². The van der Waals surface area contributed by atoms with Gasteiger partial charge in [0.2, 0.25) is 11.8 Å². The summed E-state index contributed by atoms with van der Waals surface area (Å²) in [6.45, 7) is 1.23. The number of likely N-dealkylation sites (tertiary alicyclic amines) is 1. The lowest BCUT2D eigenvalue weighted by Crippen LogP contribution is -2.51. The lowest BCUT2D eigenvalue weighted by atomic mass is 9.92. The number of thioether (sulfide) groups is 1. The Kier molecular flexibility index (Phi) is 9.59. The second-order valence-electron chi connectivity index (χ2n) is 7.23. The van der Waals surface area contributed by atoms with E-state index in [1.165, 1.54) is 6.07 Å². The molecule has 9 heteroatoms. The highest BCUT2D eigenvalue weighted by Gasteiger charge is 2.30.